The smallest absolute Gasteiger partial charge is 0.407 e. The molecule has 8 atom stereocenters. The number of nitrogens with two attached hydrogens (primary N) is 1. The van der Waals surface area contributed by atoms with Crippen molar-refractivity contribution in [1.82, 2.24) is 5.32 Å². The van der Waals surface area contributed by atoms with Crippen molar-refractivity contribution >= 4 is 6.09 Å². The molecular weight excluding hydrogens is 412 g/mol. The summed E-state index contributed by atoms with van der Waals surface area (Å²) in [6.07, 6.45) is 11.4. The third-order valence-electron chi connectivity index (χ3n) is 10.7. The molecule has 5 rings (SSSR count). The first-order valence-corrected chi connectivity index (χ1v) is 13.2. The number of aliphatic hydroxyl groups is 1. The number of hydrogen-bond donors (Lipinski definition) is 3. The third-order valence-corrected chi connectivity index (χ3v) is 10.7. The normalized spacial score (nSPS) is 43.0. The van der Waals surface area contributed by atoms with E-state index in [9.17, 15) is 9.90 Å². The molecular formula is C28H42N2O3. The molecule has 1 aromatic carbocycles. The van der Waals surface area contributed by atoms with Gasteiger partial charge in [-0.2, -0.15) is 0 Å². The van der Waals surface area contributed by atoms with Crippen LogP contribution in [0, 0.1) is 28.6 Å². The number of carbonyl (C=O) groups excluding carboxylic acids is 1. The Bertz CT molecular complexity index is 862. The van der Waals surface area contributed by atoms with Gasteiger partial charge in [0.15, 0.2) is 0 Å². The molecule has 1 aromatic rings. The number of aliphatic hydroxyl groups excluding tert-OH is 1. The Balaban J connectivity index is 1.22. The number of hydrogen-bond acceptors (Lipinski definition) is 4. The van der Waals surface area contributed by atoms with E-state index >= 15 is 0 Å². The standard InChI is InChI=1S/C28H42N2O3/c1-26-13-6-14-28(26,29)23-10-9-20-17-21(11-16-27(20,2)22(23)12-15-26)33-25(32)30-24(18-31)19-7-4-3-5-8-19/h3-5,7-8,20-24,31H,6,9-18,29H2,1-2H3,(H,30,32)/t20-,21+,22+,23-,24?,26+,27+,28+/m1/s1. The van der Waals surface area contributed by atoms with Gasteiger partial charge in [-0.15, -0.1) is 0 Å². The van der Waals surface area contributed by atoms with Crippen LogP contribution in [0.4, 0.5) is 4.79 Å². The zero-order valence-electron chi connectivity index (χ0n) is 20.4. The predicted octanol–water partition coefficient (Wildman–Crippen LogP) is 5.33. The van der Waals surface area contributed by atoms with Crippen LogP contribution >= 0.6 is 0 Å². The van der Waals surface area contributed by atoms with E-state index in [-0.39, 0.29) is 18.2 Å². The first-order chi connectivity index (χ1) is 15.8. The average Bonchev–Trinajstić information content (AvgIpc) is 3.13. The minimum Gasteiger partial charge on any atom is -0.446 e. The first kappa shape index (κ1) is 23.2. The number of fused-ring (bicyclic) bond motifs is 5. The highest BCUT2D eigenvalue weighted by atomic mass is 16.6. The second kappa shape index (κ2) is 8.57. The molecule has 0 saturated heterocycles. The maximum absolute atomic E-state index is 12.7. The van der Waals surface area contributed by atoms with E-state index in [0.717, 1.165) is 24.8 Å². The van der Waals surface area contributed by atoms with Crippen LogP contribution in [0.3, 0.4) is 0 Å². The molecule has 5 nitrogen and oxygen atoms in total. The summed E-state index contributed by atoms with van der Waals surface area (Å²) in [5.41, 5.74) is 8.79. The van der Waals surface area contributed by atoms with E-state index in [1.807, 2.05) is 30.3 Å². The lowest BCUT2D eigenvalue weighted by molar-refractivity contribution is -0.130. The molecule has 1 unspecified atom stereocenters. The van der Waals surface area contributed by atoms with Gasteiger partial charge in [-0.25, -0.2) is 4.79 Å². The molecule has 4 saturated carbocycles. The van der Waals surface area contributed by atoms with Crippen LogP contribution in [0.5, 0.6) is 0 Å². The SMILES string of the molecule is C[C@]12CC[C@H](OC(=O)NC(CO)c3ccccc3)C[C@H]1CC[C@@H]1[C@@H]2CC[C@]2(C)CCC[C@]12N. The highest BCUT2D eigenvalue weighted by Gasteiger charge is 2.63. The fourth-order valence-electron chi connectivity index (χ4n) is 8.63. The Labute approximate surface area is 198 Å². The molecule has 4 fully saturated rings. The summed E-state index contributed by atoms with van der Waals surface area (Å²) >= 11 is 0. The molecule has 0 bridgehead atoms. The molecule has 4 aliphatic carbocycles. The van der Waals surface area contributed by atoms with Gasteiger partial charge >= 0.3 is 6.09 Å². The zero-order chi connectivity index (χ0) is 23.3. The second-order valence-electron chi connectivity index (χ2n) is 12.1. The summed E-state index contributed by atoms with van der Waals surface area (Å²) in [5.74, 6) is 1.96. The van der Waals surface area contributed by atoms with E-state index in [4.69, 9.17) is 10.5 Å². The summed E-state index contributed by atoms with van der Waals surface area (Å²) in [4.78, 5) is 12.7. The molecule has 0 aromatic heterocycles. The Hall–Kier alpha value is -1.59. The van der Waals surface area contributed by atoms with E-state index in [2.05, 4.69) is 19.2 Å². The highest BCUT2D eigenvalue weighted by Crippen LogP contribution is 2.67. The number of carbonyl (C=O) groups is 1. The fraction of sp³-hybridized carbons (Fsp3) is 0.750. The van der Waals surface area contributed by atoms with Crippen LogP contribution in [0.2, 0.25) is 0 Å². The van der Waals surface area contributed by atoms with Gasteiger partial charge in [0.25, 0.3) is 0 Å². The van der Waals surface area contributed by atoms with Crippen LogP contribution in [-0.2, 0) is 4.74 Å². The molecule has 33 heavy (non-hydrogen) atoms. The van der Waals surface area contributed by atoms with Gasteiger partial charge in [-0.05, 0) is 91.9 Å². The summed E-state index contributed by atoms with van der Waals surface area (Å²) < 4.78 is 5.89. The van der Waals surface area contributed by atoms with Crippen LogP contribution in [-0.4, -0.2) is 29.4 Å². The topological polar surface area (TPSA) is 84.6 Å². The van der Waals surface area contributed by atoms with Crippen molar-refractivity contribution in [3.8, 4) is 0 Å². The average molecular weight is 455 g/mol. The summed E-state index contributed by atoms with van der Waals surface area (Å²) in [5, 5.41) is 12.6. The van der Waals surface area contributed by atoms with Crippen LogP contribution in [0.1, 0.15) is 89.7 Å². The van der Waals surface area contributed by atoms with Crippen LogP contribution in [0.25, 0.3) is 0 Å². The molecule has 182 valence electrons. The van der Waals surface area contributed by atoms with Crippen molar-refractivity contribution in [2.75, 3.05) is 6.61 Å². The van der Waals surface area contributed by atoms with Crippen molar-refractivity contribution in [1.29, 1.82) is 0 Å². The first-order valence-electron chi connectivity index (χ1n) is 13.2. The van der Waals surface area contributed by atoms with E-state index in [1.54, 1.807) is 0 Å². The molecule has 0 radical (unpaired) electrons. The quantitative estimate of drug-likeness (QED) is 0.574. The number of rotatable bonds is 4. The lowest BCUT2D eigenvalue weighted by Gasteiger charge is -2.63. The molecule has 4 N–H and O–H groups in total. The maximum atomic E-state index is 12.7. The Morgan fingerprint density at radius 1 is 1.09 bits per heavy atom. The van der Waals surface area contributed by atoms with Gasteiger partial charge in [0.2, 0.25) is 0 Å². The molecule has 4 aliphatic rings. The number of amides is 1. The summed E-state index contributed by atoms with van der Waals surface area (Å²) in [7, 11) is 0. The van der Waals surface area contributed by atoms with Crippen molar-refractivity contribution in [2.45, 2.75) is 95.7 Å². The minimum atomic E-state index is -0.438. The van der Waals surface area contributed by atoms with Gasteiger partial charge in [0, 0.05) is 5.54 Å². The van der Waals surface area contributed by atoms with Gasteiger partial charge < -0.3 is 20.9 Å². The van der Waals surface area contributed by atoms with Crippen molar-refractivity contribution < 1.29 is 14.6 Å². The van der Waals surface area contributed by atoms with Gasteiger partial charge in [0.05, 0.1) is 12.6 Å². The lowest BCUT2D eigenvalue weighted by atomic mass is 9.43. The van der Waals surface area contributed by atoms with Crippen LogP contribution in [0.15, 0.2) is 30.3 Å². The molecule has 0 heterocycles. The largest absolute Gasteiger partial charge is 0.446 e. The maximum Gasteiger partial charge on any atom is 0.407 e. The van der Waals surface area contributed by atoms with Gasteiger partial charge in [0.1, 0.15) is 6.10 Å². The number of alkyl carbamates (subject to hydrolysis) is 1. The summed E-state index contributed by atoms with van der Waals surface area (Å²) in [6, 6.07) is 9.13. The monoisotopic (exact) mass is 454 g/mol. The summed E-state index contributed by atoms with van der Waals surface area (Å²) in [6.45, 7) is 4.83. The molecule has 5 heteroatoms. The number of nitrogens with one attached hydrogen (secondary N) is 1. The van der Waals surface area contributed by atoms with E-state index < -0.39 is 12.1 Å². The Morgan fingerprint density at radius 2 is 1.88 bits per heavy atom. The minimum absolute atomic E-state index is 0.0217. The lowest BCUT2D eigenvalue weighted by Crippen LogP contribution is -2.65. The van der Waals surface area contributed by atoms with E-state index in [0.29, 0.717) is 28.6 Å². The molecule has 1 amide bonds. The third kappa shape index (κ3) is 3.80. The number of ether oxygens (including phenoxy) is 1. The second-order valence-corrected chi connectivity index (χ2v) is 12.1. The van der Waals surface area contributed by atoms with E-state index in [1.165, 1.54) is 44.9 Å². The van der Waals surface area contributed by atoms with Crippen LogP contribution < -0.4 is 11.1 Å². The van der Waals surface area contributed by atoms with Crippen molar-refractivity contribution in [2.24, 2.45) is 34.3 Å². The fourth-order valence-corrected chi connectivity index (χ4v) is 8.63. The number of benzene rings is 1. The molecule has 0 spiro atoms. The zero-order valence-corrected chi connectivity index (χ0v) is 20.4. The van der Waals surface area contributed by atoms with Gasteiger partial charge in [-0.3, -0.25) is 0 Å². The Kier molecular flexibility index (Phi) is 6.01. The predicted molar refractivity (Wildman–Crippen MR) is 129 cm³/mol. The molecule has 0 aliphatic heterocycles. The van der Waals surface area contributed by atoms with Gasteiger partial charge in [-0.1, -0.05) is 50.6 Å². The van der Waals surface area contributed by atoms with Crippen molar-refractivity contribution in [3.05, 3.63) is 35.9 Å². The highest BCUT2D eigenvalue weighted by molar-refractivity contribution is 5.68. The Morgan fingerprint density at radius 3 is 2.64 bits per heavy atom. The van der Waals surface area contributed by atoms with Crippen molar-refractivity contribution in [3.63, 3.8) is 0 Å².